The molecule has 1 aromatic heterocycles. The van der Waals surface area contributed by atoms with Crippen LogP contribution in [0.1, 0.15) is 15.9 Å². The van der Waals surface area contributed by atoms with Gasteiger partial charge in [0.1, 0.15) is 5.82 Å². The molecule has 0 unspecified atom stereocenters. The van der Waals surface area contributed by atoms with Crippen LogP contribution in [0.25, 0.3) is 0 Å². The van der Waals surface area contributed by atoms with Gasteiger partial charge >= 0.3 is 5.97 Å². The highest BCUT2D eigenvalue weighted by Crippen LogP contribution is 2.17. The zero-order valence-corrected chi connectivity index (χ0v) is 15.5. The summed E-state index contributed by atoms with van der Waals surface area (Å²) in [6.45, 7) is 0.692. The number of rotatable bonds is 7. The number of methoxy groups -OCH3 is 1. The number of nitrogens with one attached hydrogen (secondary N) is 2. The van der Waals surface area contributed by atoms with Crippen LogP contribution in [0.2, 0.25) is 5.02 Å². The van der Waals surface area contributed by atoms with Crippen molar-refractivity contribution in [2.45, 2.75) is 6.42 Å². The molecule has 0 saturated heterocycles. The molecule has 138 valence electrons. The average Bonchev–Trinajstić information content (AvgIpc) is 2.68. The predicted octanol–water partition coefficient (Wildman–Crippen LogP) is 4.31. The molecule has 7 heteroatoms. The zero-order chi connectivity index (χ0) is 19.1. The SMILES string of the molecule is COC(=O)c1ccc(Nc2ccnc(NCCc3cccc(Cl)c3)n2)cc1. The molecule has 6 nitrogen and oxygen atoms in total. The molecule has 1 heterocycles. The Morgan fingerprint density at radius 1 is 1.15 bits per heavy atom. The molecular formula is C20H19ClN4O2. The van der Waals surface area contributed by atoms with Gasteiger partial charge in [-0.1, -0.05) is 23.7 Å². The Bertz CT molecular complexity index is 916. The number of hydrogen-bond acceptors (Lipinski definition) is 6. The summed E-state index contributed by atoms with van der Waals surface area (Å²) in [4.78, 5) is 20.1. The largest absolute Gasteiger partial charge is 0.465 e. The Labute approximate surface area is 162 Å². The van der Waals surface area contributed by atoms with Gasteiger partial charge in [0.15, 0.2) is 0 Å². The highest BCUT2D eigenvalue weighted by molar-refractivity contribution is 6.30. The maximum Gasteiger partial charge on any atom is 0.337 e. The van der Waals surface area contributed by atoms with Gasteiger partial charge in [0.05, 0.1) is 12.7 Å². The number of carbonyl (C=O) groups is 1. The molecule has 0 aliphatic carbocycles. The lowest BCUT2D eigenvalue weighted by molar-refractivity contribution is 0.0601. The summed E-state index contributed by atoms with van der Waals surface area (Å²) in [6.07, 6.45) is 2.50. The highest BCUT2D eigenvalue weighted by Gasteiger charge is 2.05. The highest BCUT2D eigenvalue weighted by atomic mass is 35.5. The molecular weight excluding hydrogens is 364 g/mol. The Morgan fingerprint density at radius 3 is 2.70 bits per heavy atom. The van der Waals surface area contributed by atoms with Crippen LogP contribution in [-0.4, -0.2) is 29.6 Å². The predicted molar refractivity (Wildman–Crippen MR) is 107 cm³/mol. The first-order chi connectivity index (χ1) is 13.1. The molecule has 0 spiro atoms. The number of halogens is 1. The Morgan fingerprint density at radius 2 is 1.96 bits per heavy atom. The minimum Gasteiger partial charge on any atom is -0.465 e. The van der Waals surface area contributed by atoms with Crippen molar-refractivity contribution in [2.24, 2.45) is 0 Å². The number of aromatic nitrogens is 2. The Kier molecular flexibility index (Phi) is 6.22. The Balaban J connectivity index is 1.57. The van der Waals surface area contributed by atoms with Crippen molar-refractivity contribution in [2.75, 3.05) is 24.3 Å². The minimum absolute atomic E-state index is 0.366. The number of nitrogens with zero attached hydrogens (tertiary/aromatic N) is 2. The molecule has 0 amide bonds. The zero-order valence-electron chi connectivity index (χ0n) is 14.8. The quantitative estimate of drug-likeness (QED) is 0.593. The van der Waals surface area contributed by atoms with Crippen LogP contribution in [0.5, 0.6) is 0 Å². The van der Waals surface area contributed by atoms with Crippen molar-refractivity contribution in [1.82, 2.24) is 9.97 Å². The summed E-state index contributed by atoms with van der Waals surface area (Å²) in [6, 6.07) is 16.5. The summed E-state index contributed by atoms with van der Waals surface area (Å²) < 4.78 is 4.69. The standard InChI is InChI=1S/C20H19ClN4O2/c1-27-19(26)15-5-7-17(8-6-15)24-18-10-12-23-20(25-18)22-11-9-14-3-2-4-16(21)13-14/h2-8,10,12-13H,9,11H2,1H3,(H2,22,23,24,25). The summed E-state index contributed by atoms with van der Waals surface area (Å²) in [5.41, 5.74) is 2.45. The summed E-state index contributed by atoms with van der Waals surface area (Å²) >= 11 is 5.99. The first-order valence-corrected chi connectivity index (χ1v) is 8.78. The van der Waals surface area contributed by atoms with Crippen LogP contribution in [0.4, 0.5) is 17.5 Å². The lowest BCUT2D eigenvalue weighted by Crippen LogP contribution is -2.08. The van der Waals surface area contributed by atoms with Gasteiger partial charge in [0.2, 0.25) is 5.95 Å². The topological polar surface area (TPSA) is 76.1 Å². The monoisotopic (exact) mass is 382 g/mol. The maximum absolute atomic E-state index is 11.5. The van der Waals surface area contributed by atoms with Gasteiger partial charge in [-0.2, -0.15) is 4.98 Å². The van der Waals surface area contributed by atoms with Crippen molar-refractivity contribution in [1.29, 1.82) is 0 Å². The van der Waals surface area contributed by atoms with Gasteiger partial charge in [-0.15, -0.1) is 0 Å². The van der Waals surface area contributed by atoms with Crippen LogP contribution in [0.15, 0.2) is 60.8 Å². The van der Waals surface area contributed by atoms with Gasteiger partial charge in [-0.25, -0.2) is 9.78 Å². The number of benzene rings is 2. The fourth-order valence-electron chi connectivity index (χ4n) is 2.48. The normalized spacial score (nSPS) is 10.3. The molecule has 2 aromatic carbocycles. The van der Waals surface area contributed by atoms with Gasteiger partial charge in [0, 0.05) is 23.5 Å². The van der Waals surface area contributed by atoms with Gasteiger partial charge in [-0.3, -0.25) is 0 Å². The third-order valence-electron chi connectivity index (χ3n) is 3.82. The van der Waals surface area contributed by atoms with E-state index in [2.05, 4.69) is 20.6 Å². The number of ether oxygens (including phenoxy) is 1. The number of esters is 1. The van der Waals surface area contributed by atoms with Crippen molar-refractivity contribution < 1.29 is 9.53 Å². The molecule has 0 saturated carbocycles. The Hall–Kier alpha value is -3.12. The molecule has 0 atom stereocenters. The van der Waals surface area contributed by atoms with Gasteiger partial charge in [0.25, 0.3) is 0 Å². The number of carbonyl (C=O) groups excluding carboxylic acids is 1. The van der Waals surface area contributed by atoms with Gasteiger partial charge in [-0.05, 0) is 54.4 Å². The second-order valence-electron chi connectivity index (χ2n) is 5.77. The lowest BCUT2D eigenvalue weighted by atomic mass is 10.1. The molecule has 0 radical (unpaired) electrons. The molecule has 0 bridgehead atoms. The second kappa shape index (κ2) is 9.00. The second-order valence-corrected chi connectivity index (χ2v) is 6.20. The molecule has 0 fully saturated rings. The van der Waals surface area contributed by atoms with Crippen molar-refractivity contribution in [3.05, 3.63) is 76.9 Å². The van der Waals surface area contributed by atoms with Crippen molar-refractivity contribution in [3.8, 4) is 0 Å². The van der Waals surface area contributed by atoms with Crippen molar-refractivity contribution >= 4 is 35.0 Å². The van der Waals surface area contributed by atoms with E-state index in [0.29, 0.717) is 23.9 Å². The third kappa shape index (κ3) is 5.43. The van der Waals surface area contributed by atoms with E-state index in [-0.39, 0.29) is 5.97 Å². The fourth-order valence-corrected chi connectivity index (χ4v) is 2.69. The number of anilines is 3. The van der Waals surface area contributed by atoms with Gasteiger partial charge < -0.3 is 15.4 Å². The maximum atomic E-state index is 11.5. The minimum atomic E-state index is -0.366. The summed E-state index contributed by atoms with van der Waals surface area (Å²) in [7, 11) is 1.36. The van der Waals surface area contributed by atoms with E-state index >= 15 is 0 Å². The van der Waals surface area contributed by atoms with E-state index < -0.39 is 0 Å². The van der Waals surface area contributed by atoms with Crippen molar-refractivity contribution in [3.63, 3.8) is 0 Å². The van der Waals surface area contributed by atoms with E-state index in [4.69, 9.17) is 16.3 Å². The average molecular weight is 383 g/mol. The molecule has 0 aliphatic rings. The lowest BCUT2D eigenvalue weighted by Gasteiger charge is -2.09. The number of hydrogen-bond donors (Lipinski definition) is 2. The molecule has 0 aliphatic heterocycles. The van der Waals surface area contributed by atoms with Crippen LogP contribution in [-0.2, 0) is 11.2 Å². The molecule has 3 rings (SSSR count). The fraction of sp³-hybridized carbons (Fsp3) is 0.150. The van der Waals surface area contributed by atoms with Crippen LogP contribution < -0.4 is 10.6 Å². The van der Waals surface area contributed by atoms with Crippen LogP contribution in [0.3, 0.4) is 0 Å². The summed E-state index contributed by atoms with van der Waals surface area (Å²) in [5.74, 6) is 0.823. The third-order valence-corrected chi connectivity index (χ3v) is 4.05. The van der Waals surface area contributed by atoms with E-state index in [1.807, 2.05) is 24.3 Å². The smallest absolute Gasteiger partial charge is 0.337 e. The first-order valence-electron chi connectivity index (χ1n) is 8.41. The van der Waals surface area contributed by atoms with E-state index in [1.54, 1.807) is 36.5 Å². The first kappa shape index (κ1) is 18.7. The van der Waals surface area contributed by atoms with E-state index in [9.17, 15) is 4.79 Å². The van der Waals surface area contributed by atoms with E-state index in [0.717, 1.165) is 22.7 Å². The molecule has 27 heavy (non-hydrogen) atoms. The van der Waals surface area contributed by atoms with Crippen LogP contribution in [0, 0.1) is 0 Å². The summed E-state index contributed by atoms with van der Waals surface area (Å²) in [5, 5.41) is 7.12. The van der Waals surface area contributed by atoms with Crippen LogP contribution >= 0.6 is 11.6 Å². The molecule has 2 N–H and O–H groups in total. The van der Waals surface area contributed by atoms with E-state index in [1.165, 1.54) is 7.11 Å². The molecule has 3 aromatic rings.